The molecule has 0 saturated carbocycles. The summed E-state index contributed by atoms with van der Waals surface area (Å²) in [4.78, 5) is 5.40. The zero-order valence-corrected chi connectivity index (χ0v) is 11.8. The van der Waals surface area contributed by atoms with Gasteiger partial charge in [-0.1, -0.05) is 18.2 Å². The average molecular weight is 272 g/mol. The first kappa shape index (κ1) is 12.3. The Morgan fingerprint density at radius 3 is 2.95 bits per heavy atom. The summed E-state index contributed by atoms with van der Waals surface area (Å²) in [5.74, 6) is 0. The van der Waals surface area contributed by atoms with Crippen LogP contribution in [0.15, 0.2) is 36.0 Å². The first-order chi connectivity index (χ1) is 9.29. The summed E-state index contributed by atoms with van der Waals surface area (Å²) in [6, 6.07) is 8.62. The number of para-hydroxylation sites is 1. The maximum absolute atomic E-state index is 4.65. The molecule has 2 aromatic heterocycles. The largest absolute Gasteiger partial charge is 0.312 e. The normalized spacial score (nSPS) is 12.9. The molecule has 3 rings (SSSR count). The minimum Gasteiger partial charge on any atom is -0.312 e. The Hall–Kier alpha value is -1.72. The number of likely N-dealkylation sites (N-methyl/N-ethyl adjacent to an activating group) is 1. The van der Waals surface area contributed by atoms with E-state index in [1.807, 2.05) is 36.6 Å². The molecule has 5 heteroatoms. The van der Waals surface area contributed by atoms with Gasteiger partial charge in [0, 0.05) is 36.0 Å². The zero-order chi connectivity index (χ0) is 13.2. The van der Waals surface area contributed by atoms with Gasteiger partial charge in [0.05, 0.1) is 16.7 Å². The van der Waals surface area contributed by atoms with Gasteiger partial charge >= 0.3 is 0 Å². The second kappa shape index (κ2) is 5.11. The van der Waals surface area contributed by atoms with Crippen LogP contribution in [0.5, 0.6) is 0 Å². The fourth-order valence-electron chi connectivity index (χ4n) is 2.38. The van der Waals surface area contributed by atoms with Crippen molar-refractivity contribution < 1.29 is 0 Å². The predicted octanol–water partition coefficient (Wildman–Crippen LogP) is 2.53. The highest BCUT2D eigenvalue weighted by Crippen LogP contribution is 2.25. The lowest BCUT2D eigenvalue weighted by Gasteiger charge is -2.12. The highest BCUT2D eigenvalue weighted by Gasteiger charge is 2.16. The number of thiazole rings is 1. The average Bonchev–Trinajstić information content (AvgIpc) is 3.06. The Kier molecular flexibility index (Phi) is 3.31. The Balaban J connectivity index is 1.97. The predicted molar refractivity (Wildman–Crippen MR) is 78.3 cm³/mol. The van der Waals surface area contributed by atoms with Gasteiger partial charge in [0.1, 0.15) is 0 Å². The molecule has 98 valence electrons. The van der Waals surface area contributed by atoms with Gasteiger partial charge in [-0.2, -0.15) is 5.10 Å². The van der Waals surface area contributed by atoms with E-state index >= 15 is 0 Å². The number of aromatic nitrogens is 3. The van der Waals surface area contributed by atoms with E-state index in [9.17, 15) is 0 Å². The summed E-state index contributed by atoms with van der Waals surface area (Å²) in [6.45, 7) is 0. The first-order valence-electron chi connectivity index (χ1n) is 6.26. The van der Waals surface area contributed by atoms with Crippen molar-refractivity contribution in [2.75, 3.05) is 7.05 Å². The lowest BCUT2D eigenvalue weighted by molar-refractivity contribution is 0.587. The smallest absolute Gasteiger partial charge is 0.0794 e. The Labute approximate surface area is 116 Å². The lowest BCUT2D eigenvalue weighted by atomic mass is 10.1. The van der Waals surface area contributed by atoms with E-state index in [2.05, 4.69) is 33.6 Å². The number of hydrogen-bond acceptors (Lipinski definition) is 4. The highest BCUT2D eigenvalue weighted by molar-refractivity contribution is 7.09. The van der Waals surface area contributed by atoms with E-state index in [0.29, 0.717) is 0 Å². The van der Waals surface area contributed by atoms with E-state index in [1.54, 1.807) is 11.3 Å². The Morgan fingerprint density at radius 1 is 1.37 bits per heavy atom. The van der Waals surface area contributed by atoms with Crippen LogP contribution in [0.4, 0.5) is 0 Å². The third-order valence-electron chi connectivity index (χ3n) is 3.38. The number of fused-ring (bicyclic) bond motifs is 1. The molecule has 4 nitrogen and oxygen atoms in total. The van der Waals surface area contributed by atoms with Crippen molar-refractivity contribution in [3.8, 4) is 0 Å². The quantitative estimate of drug-likeness (QED) is 0.793. The van der Waals surface area contributed by atoms with Crippen LogP contribution in [0.25, 0.3) is 10.9 Å². The maximum Gasteiger partial charge on any atom is 0.0794 e. The summed E-state index contributed by atoms with van der Waals surface area (Å²) in [5, 5.41) is 9.23. The van der Waals surface area contributed by atoms with Crippen LogP contribution >= 0.6 is 11.3 Å². The molecule has 0 aliphatic carbocycles. The number of benzene rings is 1. The first-order valence-corrected chi connectivity index (χ1v) is 7.14. The molecule has 0 fully saturated rings. The molecule has 3 aromatic rings. The molecule has 19 heavy (non-hydrogen) atoms. The van der Waals surface area contributed by atoms with E-state index in [-0.39, 0.29) is 6.04 Å². The molecular formula is C14H16N4S. The van der Waals surface area contributed by atoms with Gasteiger partial charge in [-0.05, 0) is 13.1 Å². The topological polar surface area (TPSA) is 42.7 Å². The van der Waals surface area contributed by atoms with E-state index in [4.69, 9.17) is 0 Å². The molecule has 0 spiro atoms. The summed E-state index contributed by atoms with van der Waals surface area (Å²) >= 11 is 1.68. The molecule has 1 aromatic carbocycles. The van der Waals surface area contributed by atoms with E-state index < -0.39 is 0 Å². The van der Waals surface area contributed by atoms with Crippen molar-refractivity contribution in [2.24, 2.45) is 7.05 Å². The second-order valence-corrected chi connectivity index (χ2v) is 5.45. The molecule has 0 radical (unpaired) electrons. The third-order valence-corrected chi connectivity index (χ3v) is 4.26. The standard InChI is InChI=1S/C14H16N4S/c1-15-12(14-8-16-9-19-14)7-11-10-5-3-4-6-13(10)18(2)17-11/h3-6,8-9,12,15H,7H2,1-2H3. The van der Waals surface area contributed by atoms with Crippen LogP contribution in [0, 0.1) is 0 Å². The summed E-state index contributed by atoms with van der Waals surface area (Å²) in [5.41, 5.74) is 4.18. The zero-order valence-electron chi connectivity index (χ0n) is 11.0. The minimum atomic E-state index is 0.269. The van der Waals surface area contributed by atoms with Gasteiger partial charge in [-0.3, -0.25) is 9.67 Å². The summed E-state index contributed by atoms with van der Waals surface area (Å²) in [6.07, 6.45) is 2.80. The van der Waals surface area contributed by atoms with Crippen LogP contribution in [0.1, 0.15) is 16.6 Å². The Bertz CT molecular complexity index is 672. The number of rotatable bonds is 4. The van der Waals surface area contributed by atoms with Crippen molar-refractivity contribution in [1.82, 2.24) is 20.1 Å². The van der Waals surface area contributed by atoms with Gasteiger partial charge in [0.15, 0.2) is 0 Å². The van der Waals surface area contributed by atoms with Crippen LogP contribution in [0.3, 0.4) is 0 Å². The highest BCUT2D eigenvalue weighted by atomic mass is 32.1. The van der Waals surface area contributed by atoms with Crippen molar-refractivity contribution >= 4 is 22.2 Å². The molecule has 2 heterocycles. The molecular weight excluding hydrogens is 256 g/mol. The van der Waals surface area contributed by atoms with Gasteiger partial charge in [-0.15, -0.1) is 11.3 Å². The maximum atomic E-state index is 4.65. The van der Waals surface area contributed by atoms with Crippen molar-refractivity contribution in [3.05, 3.63) is 46.5 Å². The molecule has 1 unspecified atom stereocenters. The van der Waals surface area contributed by atoms with Crippen LogP contribution in [-0.2, 0) is 13.5 Å². The van der Waals surface area contributed by atoms with E-state index in [0.717, 1.165) is 12.1 Å². The summed E-state index contributed by atoms with van der Waals surface area (Å²) in [7, 11) is 3.97. The Morgan fingerprint density at radius 2 is 2.21 bits per heavy atom. The number of hydrogen-bond donors (Lipinski definition) is 1. The molecule has 0 bridgehead atoms. The van der Waals surface area contributed by atoms with Gasteiger partial charge in [-0.25, -0.2) is 0 Å². The molecule has 0 aliphatic heterocycles. The van der Waals surface area contributed by atoms with Gasteiger partial charge < -0.3 is 5.32 Å². The van der Waals surface area contributed by atoms with Crippen LogP contribution < -0.4 is 5.32 Å². The number of aryl methyl sites for hydroxylation is 1. The number of nitrogens with zero attached hydrogens (tertiary/aromatic N) is 3. The van der Waals surface area contributed by atoms with Crippen molar-refractivity contribution in [1.29, 1.82) is 0 Å². The lowest BCUT2D eigenvalue weighted by Crippen LogP contribution is -2.18. The van der Waals surface area contributed by atoms with Gasteiger partial charge in [0.25, 0.3) is 0 Å². The van der Waals surface area contributed by atoms with Crippen molar-refractivity contribution in [2.45, 2.75) is 12.5 Å². The summed E-state index contributed by atoms with van der Waals surface area (Å²) < 4.78 is 1.95. The molecule has 0 aliphatic rings. The molecule has 0 saturated heterocycles. The van der Waals surface area contributed by atoms with Crippen LogP contribution in [-0.4, -0.2) is 21.8 Å². The monoisotopic (exact) mass is 272 g/mol. The minimum absolute atomic E-state index is 0.269. The van der Waals surface area contributed by atoms with E-state index in [1.165, 1.54) is 15.8 Å². The molecule has 1 atom stereocenters. The second-order valence-electron chi connectivity index (χ2n) is 4.54. The third kappa shape index (κ3) is 2.27. The fourth-order valence-corrected chi connectivity index (χ4v) is 3.11. The van der Waals surface area contributed by atoms with Crippen molar-refractivity contribution in [3.63, 3.8) is 0 Å². The number of nitrogens with one attached hydrogen (secondary N) is 1. The fraction of sp³-hybridized carbons (Fsp3) is 0.286. The van der Waals surface area contributed by atoms with Gasteiger partial charge in [0.2, 0.25) is 0 Å². The van der Waals surface area contributed by atoms with Crippen LogP contribution in [0.2, 0.25) is 0 Å². The molecule has 0 amide bonds. The molecule has 1 N–H and O–H groups in total. The SMILES string of the molecule is CNC(Cc1nn(C)c2ccccc12)c1cncs1.